The van der Waals surface area contributed by atoms with Crippen molar-refractivity contribution < 1.29 is 17.9 Å². The van der Waals surface area contributed by atoms with E-state index in [9.17, 15) is 13.2 Å². The molecule has 0 aliphatic carbocycles. The number of rotatable bonds is 3. The van der Waals surface area contributed by atoms with Crippen LogP contribution in [-0.4, -0.2) is 25.0 Å². The Morgan fingerprint density at radius 1 is 0.963 bits per heavy atom. The van der Waals surface area contributed by atoms with E-state index in [4.69, 9.17) is 4.74 Å². The molecule has 2 aromatic carbocycles. The van der Waals surface area contributed by atoms with Gasteiger partial charge in [0, 0.05) is 12.1 Å². The van der Waals surface area contributed by atoms with Crippen LogP contribution in [0, 0.1) is 13.8 Å². The highest BCUT2D eigenvalue weighted by Gasteiger charge is 2.34. The summed E-state index contributed by atoms with van der Waals surface area (Å²) in [6.45, 7) is 3.81. The van der Waals surface area contributed by atoms with Crippen LogP contribution < -0.4 is 0 Å². The maximum Gasteiger partial charge on any atom is 0.340 e. The van der Waals surface area contributed by atoms with E-state index in [1.54, 1.807) is 31.2 Å². The van der Waals surface area contributed by atoms with E-state index in [0.717, 1.165) is 16.7 Å². The molecular formula is C21H19NO4S. The molecule has 0 atom stereocenters. The second-order valence-corrected chi connectivity index (χ2v) is 8.41. The van der Waals surface area contributed by atoms with Gasteiger partial charge in [-0.1, -0.05) is 48.0 Å². The lowest BCUT2D eigenvalue weighted by Crippen LogP contribution is -2.17. The van der Waals surface area contributed by atoms with Crippen LogP contribution in [0.25, 0.3) is 11.3 Å². The molecule has 1 aliphatic heterocycles. The average Bonchev–Trinajstić information content (AvgIpc) is 2.97. The smallest absolute Gasteiger partial charge is 0.340 e. The van der Waals surface area contributed by atoms with Crippen LogP contribution in [-0.2, 0) is 21.2 Å². The molecule has 0 fully saturated rings. The topological polar surface area (TPSA) is 65.4 Å². The fourth-order valence-electron chi connectivity index (χ4n) is 3.56. The lowest BCUT2D eigenvalue weighted by Gasteiger charge is -2.15. The van der Waals surface area contributed by atoms with E-state index in [1.807, 2.05) is 37.3 Å². The summed E-state index contributed by atoms with van der Waals surface area (Å²) in [5, 5.41) is 0. The molecule has 0 spiro atoms. The summed E-state index contributed by atoms with van der Waals surface area (Å²) in [5.41, 5.74) is 3.74. The third-order valence-corrected chi connectivity index (χ3v) is 6.66. The summed E-state index contributed by atoms with van der Waals surface area (Å²) in [7, 11) is -3.87. The van der Waals surface area contributed by atoms with Gasteiger partial charge in [-0.15, -0.1) is 0 Å². The summed E-state index contributed by atoms with van der Waals surface area (Å²) >= 11 is 0. The second-order valence-electron chi connectivity index (χ2n) is 6.62. The Labute approximate surface area is 158 Å². The van der Waals surface area contributed by atoms with Crippen LogP contribution in [0.5, 0.6) is 0 Å². The van der Waals surface area contributed by atoms with E-state index >= 15 is 0 Å². The molecule has 2 heterocycles. The van der Waals surface area contributed by atoms with Crippen molar-refractivity contribution in [2.24, 2.45) is 0 Å². The van der Waals surface area contributed by atoms with Gasteiger partial charge >= 0.3 is 5.97 Å². The van der Waals surface area contributed by atoms with Crippen molar-refractivity contribution in [3.63, 3.8) is 0 Å². The number of benzene rings is 2. The number of carbonyl (C=O) groups is 1. The zero-order chi connectivity index (χ0) is 19.2. The molecule has 0 unspecified atom stereocenters. The Bertz CT molecular complexity index is 1130. The monoisotopic (exact) mass is 381 g/mol. The standard InChI is InChI=1S/C21H19NO4S/c1-14-8-10-17(11-9-14)27(24,25)22-15(2)19-18(12-13-26-21(19)23)20(22)16-6-4-3-5-7-16/h3-11H,12-13H2,1-2H3. The van der Waals surface area contributed by atoms with Gasteiger partial charge in [0.15, 0.2) is 0 Å². The number of hydrogen-bond donors (Lipinski definition) is 0. The molecule has 3 aromatic rings. The van der Waals surface area contributed by atoms with Crippen molar-refractivity contribution in [2.45, 2.75) is 25.2 Å². The van der Waals surface area contributed by atoms with Gasteiger partial charge in [0.05, 0.1) is 22.8 Å². The number of fused-ring (bicyclic) bond motifs is 1. The van der Waals surface area contributed by atoms with Gasteiger partial charge in [-0.2, -0.15) is 0 Å². The first-order chi connectivity index (χ1) is 12.9. The molecule has 27 heavy (non-hydrogen) atoms. The lowest BCUT2D eigenvalue weighted by molar-refractivity contribution is 0.0481. The molecule has 4 rings (SSSR count). The van der Waals surface area contributed by atoms with Crippen molar-refractivity contribution in [3.8, 4) is 11.3 Å². The number of hydrogen-bond acceptors (Lipinski definition) is 4. The number of cyclic esters (lactones) is 1. The van der Waals surface area contributed by atoms with Crippen LogP contribution in [0.3, 0.4) is 0 Å². The molecule has 5 nitrogen and oxygen atoms in total. The summed E-state index contributed by atoms with van der Waals surface area (Å²) in [4.78, 5) is 12.6. The maximum atomic E-state index is 13.5. The summed E-state index contributed by atoms with van der Waals surface area (Å²) < 4.78 is 33.5. The van der Waals surface area contributed by atoms with Crippen LogP contribution in [0.15, 0.2) is 59.5 Å². The molecule has 138 valence electrons. The maximum absolute atomic E-state index is 13.5. The minimum absolute atomic E-state index is 0.189. The van der Waals surface area contributed by atoms with Gasteiger partial charge in [0.1, 0.15) is 0 Å². The van der Waals surface area contributed by atoms with Crippen LogP contribution in [0.1, 0.15) is 27.2 Å². The molecule has 0 saturated heterocycles. The highest BCUT2D eigenvalue weighted by Crippen LogP contribution is 2.37. The molecule has 0 bridgehead atoms. The predicted molar refractivity (Wildman–Crippen MR) is 102 cm³/mol. The largest absolute Gasteiger partial charge is 0.462 e. The summed E-state index contributed by atoms with van der Waals surface area (Å²) in [6.07, 6.45) is 0.489. The van der Waals surface area contributed by atoms with Crippen molar-refractivity contribution in [1.82, 2.24) is 3.97 Å². The third-order valence-electron chi connectivity index (χ3n) is 4.85. The van der Waals surface area contributed by atoms with E-state index in [1.165, 1.54) is 3.97 Å². The number of aryl methyl sites for hydroxylation is 1. The first-order valence-electron chi connectivity index (χ1n) is 8.70. The minimum Gasteiger partial charge on any atom is -0.462 e. The van der Waals surface area contributed by atoms with Gasteiger partial charge < -0.3 is 4.74 Å². The van der Waals surface area contributed by atoms with Crippen molar-refractivity contribution >= 4 is 16.0 Å². The molecular weight excluding hydrogens is 362 g/mol. The van der Waals surface area contributed by atoms with Gasteiger partial charge in [-0.3, -0.25) is 0 Å². The summed E-state index contributed by atoms with van der Waals surface area (Å²) in [6, 6.07) is 16.0. The van der Waals surface area contributed by atoms with E-state index in [-0.39, 0.29) is 11.5 Å². The first kappa shape index (κ1) is 17.5. The lowest BCUT2D eigenvalue weighted by atomic mass is 10.00. The number of ether oxygens (including phenoxy) is 1. The normalized spacial score (nSPS) is 13.9. The molecule has 6 heteroatoms. The summed E-state index contributed by atoms with van der Waals surface area (Å²) in [5.74, 6) is -0.469. The SMILES string of the molecule is Cc1ccc(S(=O)(=O)n2c(C)c3c(c2-c2ccccc2)CCOC3=O)cc1. The van der Waals surface area contributed by atoms with Crippen molar-refractivity contribution in [1.29, 1.82) is 0 Å². The second kappa shape index (κ2) is 6.39. The fourth-order valence-corrected chi connectivity index (χ4v) is 5.16. The molecule has 0 N–H and O–H groups in total. The van der Waals surface area contributed by atoms with Crippen molar-refractivity contribution in [3.05, 3.63) is 77.0 Å². The zero-order valence-electron chi connectivity index (χ0n) is 15.1. The van der Waals surface area contributed by atoms with Crippen LogP contribution in [0.4, 0.5) is 0 Å². The van der Waals surface area contributed by atoms with E-state index in [2.05, 4.69) is 0 Å². The first-order valence-corrected chi connectivity index (χ1v) is 10.1. The van der Waals surface area contributed by atoms with E-state index in [0.29, 0.717) is 23.4 Å². The van der Waals surface area contributed by atoms with Crippen LogP contribution >= 0.6 is 0 Å². The third kappa shape index (κ3) is 2.77. The Kier molecular flexibility index (Phi) is 4.15. The molecule has 0 radical (unpaired) electrons. The Balaban J connectivity index is 2.06. The Morgan fingerprint density at radius 2 is 1.63 bits per heavy atom. The quantitative estimate of drug-likeness (QED) is 0.649. The molecule has 1 aromatic heterocycles. The number of carbonyl (C=O) groups excluding carboxylic acids is 1. The number of esters is 1. The van der Waals surface area contributed by atoms with Gasteiger partial charge in [-0.05, 0) is 37.1 Å². The Hall–Kier alpha value is -2.86. The highest BCUT2D eigenvalue weighted by atomic mass is 32.2. The molecule has 1 aliphatic rings. The van der Waals surface area contributed by atoms with E-state index < -0.39 is 16.0 Å². The molecule has 0 saturated carbocycles. The van der Waals surface area contributed by atoms with Crippen molar-refractivity contribution in [2.75, 3.05) is 6.61 Å². The fraction of sp³-hybridized carbons (Fsp3) is 0.190. The molecule has 0 amide bonds. The van der Waals surface area contributed by atoms with Gasteiger partial charge in [0.25, 0.3) is 10.0 Å². The minimum atomic E-state index is -3.87. The van der Waals surface area contributed by atoms with Crippen LogP contribution in [0.2, 0.25) is 0 Å². The zero-order valence-corrected chi connectivity index (χ0v) is 15.9. The number of aromatic nitrogens is 1. The predicted octanol–water partition coefficient (Wildman–Crippen LogP) is 3.72. The Morgan fingerprint density at radius 3 is 2.30 bits per heavy atom. The van der Waals surface area contributed by atoms with Gasteiger partial charge in [0.2, 0.25) is 0 Å². The van der Waals surface area contributed by atoms with Gasteiger partial charge in [-0.25, -0.2) is 17.2 Å². The average molecular weight is 381 g/mol. The number of nitrogens with zero attached hydrogens (tertiary/aromatic N) is 1. The highest BCUT2D eigenvalue weighted by molar-refractivity contribution is 7.90.